The fraction of sp³-hybridized carbons (Fsp3) is 0.0588. The van der Waals surface area contributed by atoms with Gasteiger partial charge in [0.1, 0.15) is 0 Å². The Kier molecular flexibility index (Phi) is 4.71. The SMILES string of the molecule is O=C(C[n+]1ccc2ccccc2c1)Nc1cc(Cl)c(Cl)cc1Cl. The number of benzene rings is 2. The minimum Gasteiger partial charge on any atom is -0.319 e. The van der Waals surface area contributed by atoms with Gasteiger partial charge in [0.2, 0.25) is 6.54 Å². The van der Waals surface area contributed by atoms with Crippen LogP contribution in [0.25, 0.3) is 10.8 Å². The van der Waals surface area contributed by atoms with Crippen molar-refractivity contribution < 1.29 is 9.36 Å². The number of nitrogens with zero attached hydrogens (tertiary/aromatic N) is 1. The zero-order chi connectivity index (χ0) is 16.4. The third kappa shape index (κ3) is 3.75. The molecular weight excluding hydrogens is 355 g/mol. The quantitative estimate of drug-likeness (QED) is 0.528. The number of pyridine rings is 1. The van der Waals surface area contributed by atoms with Crippen LogP contribution in [-0.2, 0) is 11.3 Å². The highest BCUT2D eigenvalue weighted by Crippen LogP contribution is 2.32. The van der Waals surface area contributed by atoms with Crippen LogP contribution in [0.5, 0.6) is 0 Å². The molecule has 0 aliphatic heterocycles. The van der Waals surface area contributed by atoms with E-state index >= 15 is 0 Å². The van der Waals surface area contributed by atoms with Gasteiger partial charge < -0.3 is 5.32 Å². The maximum absolute atomic E-state index is 12.2. The molecule has 0 fully saturated rings. The van der Waals surface area contributed by atoms with Crippen LogP contribution in [0.2, 0.25) is 15.1 Å². The van der Waals surface area contributed by atoms with Crippen LogP contribution < -0.4 is 9.88 Å². The van der Waals surface area contributed by atoms with Gasteiger partial charge in [-0.3, -0.25) is 4.79 Å². The van der Waals surface area contributed by atoms with Crippen molar-refractivity contribution in [3.63, 3.8) is 0 Å². The molecule has 1 aromatic heterocycles. The molecule has 1 heterocycles. The van der Waals surface area contributed by atoms with Crippen molar-refractivity contribution in [1.82, 2.24) is 0 Å². The number of fused-ring (bicyclic) bond motifs is 1. The van der Waals surface area contributed by atoms with Gasteiger partial charge in [-0.1, -0.05) is 53.0 Å². The van der Waals surface area contributed by atoms with E-state index in [4.69, 9.17) is 34.8 Å². The summed E-state index contributed by atoms with van der Waals surface area (Å²) in [6.07, 6.45) is 3.78. The summed E-state index contributed by atoms with van der Waals surface area (Å²) in [7, 11) is 0. The van der Waals surface area contributed by atoms with Gasteiger partial charge in [-0.15, -0.1) is 0 Å². The number of rotatable bonds is 3. The van der Waals surface area contributed by atoms with Gasteiger partial charge in [-0.05, 0) is 23.6 Å². The average molecular weight is 367 g/mol. The molecule has 6 heteroatoms. The van der Waals surface area contributed by atoms with E-state index < -0.39 is 0 Å². The minimum absolute atomic E-state index is 0.168. The zero-order valence-corrected chi connectivity index (χ0v) is 14.2. The molecule has 3 rings (SSSR count). The molecule has 0 atom stereocenters. The normalized spacial score (nSPS) is 10.7. The molecule has 0 unspecified atom stereocenters. The first-order valence-corrected chi connectivity index (χ1v) is 7.98. The molecule has 0 saturated carbocycles. The number of amides is 1. The predicted octanol–water partition coefficient (Wildman–Crippen LogP) is 4.73. The maximum Gasteiger partial charge on any atom is 0.290 e. The van der Waals surface area contributed by atoms with Crippen molar-refractivity contribution in [3.05, 3.63) is 69.9 Å². The molecule has 1 amide bonds. The van der Waals surface area contributed by atoms with E-state index in [1.165, 1.54) is 12.1 Å². The Labute approximate surface area is 148 Å². The Morgan fingerprint density at radius 3 is 2.43 bits per heavy atom. The van der Waals surface area contributed by atoms with Crippen LogP contribution in [0.4, 0.5) is 5.69 Å². The van der Waals surface area contributed by atoms with Gasteiger partial charge in [0.05, 0.1) is 20.8 Å². The Morgan fingerprint density at radius 1 is 0.957 bits per heavy atom. The predicted molar refractivity (Wildman–Crippen MR) is 94.2 cm³/mol. The topological polar surface area (TPSA) is 33.0 Å². The second-order valence-corrected chi connectivity index (χ2v) is 6.26. The number of hydrogen-bond acceptors (Lipinski definition) is 1. The number of anilines is 1. The standard InChI is InChI=1S/C17H11Cl3N2O/c18-13-7-15(20)16(8-14(13)19)21-17(23)10-22-6-5-11-3-1-2-4-12(11)9-22/h1-9H,10H2/p+1. The Morgan fingerprint density at radius 2 is 1.65 bits per heavy atom. The minimum atomic E-state index is -0.203. The van der Waals surface area contributed by atoms with Crippen LogP contribution in [0.15, 0.2) is 54.9 Å². The van der Waals surface area contributed by atoms with Gasteiger partial charge in [0, 0.05) is 11.5 Å². The average Bonchev–Trinajstić information content (AvgIpc) is 2.52. The van der Waals surface area contributed by atoms with Crippen LogP contribution in [0, 0.1) is 0 Å². The van der Waals surface area contributed by atoms with Crippen LogP contribution >= 0.6 is 34.8 Å². The fourth-order valence-corrected chi connectivity index (χ4v) is 2.84. The summed E-state index contributed by atoms with van der Waals surface area (Å²) < 4.78 is 1.81. The summed E-state index contributed by atoms with van der Waals surface area (Å²) in [6.45, 7) is 0.168. The zero-order valence-electron chi connectivity index (χ0n) is 11.9. The highest BCUT2D eigenvalue weighted by molar-refractivity contribution is 6.44. The molecule has 1 N–H and O–H groups in total. The second kappa shape index (κ2) is 6.75. The Hall–Kier alpha value is -1.81. The second-order valence-electron chi connectivity index (χ2n) is 5.04. The van der Waals surface area contributed by atoms with Gasteiger partial charge in [0.15, 0.2) is 12.4 Å². The van der Waals surface area contributed by atoms with E-state index in [-0.39, 0.29) is 12.5 Å². The lowest BCUT2D eigenvalue weighted by Gasteiger charge is -2.07. The van der Waals surface area contributed by atoms with Crippen molar-refractivity contribution >= 4 is 57.2 Å². The number of carbonyl (C=O) groups excluding carboxylic acids is 1. The van der Waals surface area contributed by atoms with Gasteiger partial charge in [-0.25, -0.2) is 0 Å². The van der Waals surface area contributed by atoms with E-state index in [9.17, 15) is 4.79 Å². The lowest BCUT2D eigenvalue weighted by Crippen LogP contribution is -2.39. The third-order valence-corrected chi connectivity index (χ3v) is 4.39. The van der Waals surface area contributed by atoms with E-state index in [0.717, 1.165) is 10.8 Å². The third-order valence-electron chi connectivity index (χ3n) is 3.36. The number of hydrogen-bond donors (Lipinski definition) is 1. The van der Waals surface area contributed by atoms with Gasteiger partial charge in [-0.2, -0.15) is 4.57 Å². The van der Waals surface area contributed by atoms with Crippen molar-refractivity contribution in [1.29, 1.82) is 0 Å². The van der Waals surface area contributed by atoms with E-state index in [1.807, 2.05) is 47.3 Å². The van der Waals surface area contributed by atoms with Gasteiger partial charge in [0.25, 0.3) is 5.91 Å². The van der Waals surface area contributed by atoms with Crippen molar-refractivity contribution in [3.8, 4) is 0 Å². The first kappa shape index (κ1) is 16.1. The summed E-state index contributed by atoms with van der Waals surface area (Å²) in [4.78, 5) is 12.2. The maximum atomic E-state index is 12.2. The summed E-state index contributed by atoms with van der Waals surface area (Å²) in [5.74, 6) is -0.203. The summed E-state index contributed by atoms with van der Waals surface area (Å²) in [5, 5.41) is 5.95. The van der Waals surface area contributed by atoms with E-state index in [0.29, 0.717) is 20.8 Å². The lowest BCUT2D eigenvalue weighted by atomic mass is 10.2. The van der Waals surface area contributed by atoms with Crippen molar-refractivity contribution in [2.45, 2.75) is 6.54 Å². The molecule has 23 heavy (non-hydrogen) atoms. The molecule has 0 aliphatic carbocycles. The molecule has 3 aromatic rings. The molecule has 0 radical (unpaired) electrons. The molecular formula is C17H12Cl3N2O+. The number of halogens is 3. The molecule has 116 valence electrons. The largest absolute Gasteiger partial charge is 0.319 e. The molecule has 0 saturated heterocycles. The number of carbonyl (C=O) groups is 1. The molecule has 3 nitrogen and oxygen atoms in total. The lowest BCUT2D eigenvalue weighted by molar-refractivity contribution is -0.682. The molecule has 2 aromatic carbocycles. The highest BCUT2D eigenvalue weighted by Gasteiger charge is 2.13. The first-order chi connectivity index (χ1) is 11.0. The van der Waals surface area contributed by atoms with Crippen LogP contribution in [0.1, 0.15) is 0 Å². The van der Waals surface area contributed by atoms with E-state index in [1.54, 1.807) is 0 Å². The number of aromatic nitrogens is 1. The fourth-order valence-electron chi connectivity index (χ4n) is 2.25. The smallest absolute Gasteiger partial charge is 0.290 e. The summed E-state index contributed by atoms with van der Waals surface area (Å²) in [5.41, 5.74) is 0.437. The van der Waals surface area contributed by atoms with Crippen LogP contribution in [0.3, 0.4) is 0 Å². The Bertz CT molecular complexity index is 896. The van der Waals surface area contributed by atoms with Gasteiger partial charge >= 0.3 is 0 Å². The molecule has 0 aliphatic rings. The van der Waals surface area contributed by atoms with Crippen LogP contribution in [-0.4, -0.2) is 5.91 Å². The van der Waals surface area contributed by atoms with Crippen molar-refractivity contribution in [2.75, 3.05) is 5.32 Å². The molecule has 0 bridgehead atoms. The van der Waals surface area contributed by atoms with Crippen molar-refractivity contribution in [2.24, 2.45) is 0 Å². The van der Waals surface area contributed by atoms with E-state index in [2.05, 4.69) is 5.32 Å². The molecule has 0 spiro atoms. The summed E-state index contributed by atoms with van der Waals surface area (Å²) in [6, 6.07) is 13.0. The summed E-state index contributed by atoms with van der Waals surface area (Å²) >= 11 is 17.9. The Balaban J connectivity index is 1.77. The number of nitrogens with one attached hydrogen (secondary N) is 1. The highest BCUT2D eigenvalue weighted by atomic mass is 35.5. The first-order valence-electron chi connectivity index (χ1n) is 6.85. The monoisotopic (exact) mass is 365 g/mol.